The molecule has 130 valence electrons. The second-order valence-electron chi connectivity index (χ2n) is 6.37. The van der Waals surface area contributed by atoms with E-state index in [4.69, 9.17) is 9.47 Å². The highest BCUT2D eigenvalue weighted by Gasteiger charge is 2.13. The average Bonchev–Trinajstić information content (AvgIpc) is 2.55. The lowest BCUT2D eigenvalue weighted by atomic mass is 10.1. The zero-order chi connectivity index (χ0) is 17.5. The summed E-state index contributed by atoms with van der Waals surface area (Å²) in [5.74, 6) is 0.875. The topological polar surface area (TPSA) is 34.6 Å². The third kappa shape index (κ3) is 5.05. The number of nitrogens with zero attached hydrogens (tertiary/aromatic N) is 2. The van der Waals surface area contributed by atoms with E-state index in [0.717, 1.165) is 30.0 Å². The van der Waals surface area contributed by atoms with E-state index >= 15 is 0 Å². The Labute approximate surface area is 145 Å². The van der Waals surface area contributed by atoms with Crippen molar-refractivity contribution in [2.75, 3.05) is 21.3 Å². The van der Waals surface area contributed by atoms with Gasteiger partial charge < -0.3 is 9.47 Å². The molecular weight excluding hydrogens is 300 g/mol. The number of rotatable bonds is 8. The summed E-state index contributed by atoms with van der Waals surface area (Å²) in [5, 5.41) is 0. The van der Waals surface area contributed by atoms with Crippen LogP contribution in [0.15, 0.2) is 36.5 Å². The monoisotopic (exact) mass is 328 g/mol. The number of hydrogen-bond donors (Lipinski definition) is 0. The van der Waals surface area contributed by atoms with E-state index in [1.807, 2.05) is 18.3 Å². The van der Waals surface area contributed by atoms with Gasteiger partial charge in [-0.15, -0.1) is 0 Å². The van der Waals surface area contributed by atoms with Crippen molar-refractivity contribution >= 4 is 0 Å². The second kappa shape index (κ2) is 8.81. The lowest BCUT2D eigenvalue weighted by Crippen LogP contribution is -2.30. The fraction of sp³-hybridized carbons (Fsp3) is 0.450. The van der Waals surface area contributed by atoms with Gasteiger partial charge in [-0.25, -0.2) is 0 Å². The Bertz CT molecular complexity index is 658. The lowest BCUT2D eigenvalue weighted by molar-refractivity contribution is 0.181. The van der Waals surface area contributed by atoms with E-state index in [0.29, 0.717) is 12.6 Å². The minimum Gasteiger partial charge on any atom is -0.496 e. The molecule has 4 nitrogen and oxygen atoms in total. The van der Waals surface area contributed by atoms with E-state index in [9.17, 15) is 0 Å². The minimum atomic E-state index is 0.410. The number of ether oxygens (including phenoxy) is 2. The molecule has 0 N–H and O–H groups in total. The van der Waals surface area contributed by atoms with Crippen molar-refractivity contribution in [1.82, 2.24) is 9.88 Å². The molecule has 4 heteroatoms. The first kappa shape index (κ1) is 18.4. The van der Waals surface area contributed by atoms with Crippen LogP contribution in [0.1, 0.15) is 29.3 Å². The van der Waals surface area contributed by atoms with Crippen molar-refractivity contribution in [2.45, 2.75) is 39.5 Å². The third-order valence-electron chi connectivity index (χ3n) is 4.31. The van der Waals surface area contributed by atoms with Gasteiger partial charge in [-0.1, -0.05) is 6.07 Å². The van der Waals surface area contributed by atoms with Gasteiger partial charge in [-0.05, 0) is 56.3 Å². The molecule has 1 atom stereocenters. The molecule has 1 aromatic carbocycles. The Morgan fingerprint density at radius 1 is 1.17 bits per heavy atom. The summed E-state index contributed by atoms with van der Waals surface area (Å²) < 4.78 is 10.7. The molecule has 0 spiro atoms. The Hall–Kier alpha value is -1.91. The molecule has 2 rings (SSSR count). The predicted molar refractivity (Wildman–Crippen MR) is 97.3 cm³/mol. The van der Waals surface area contributed by atoms with Gasteiger partial charge in [-0.3, -0.25) is 9.88 Å². The third-order valence-corrected chi connectivity index (χ3v) is 4.31. The number of aryl methyl sites for hydroxylation is 1. The van der Waals surface area contributed by atoms with Crippen molar-refractivity contribution in [2.24, 2.45) is 0 Å². The van der Waals surface area contributed by atoms with Gasteiger partial charge in [0.2, 0.25) is 0 Å². The van der Waals surface area contributed by atoms with Gasteiger partial charge in [0.1, 0.15) is 5.75 Å². The summed E-state index contributed by atoms with van der Waals surface area (Å²) in [6.07, 6.45) is 2.83. The molecule has 0 amide bonds. The molecule has 1 aromatic heterocycles. The highest BCUT2D eigenvalue weighted by molar-refractivity contribution is 5.37. The summed E-state index contributed by atoms with van der Waals surface area (Å²) in [6.45, 7) is 5.79. The molecule has 0 aliphatic carbocycles. The number of likely N-dealkylation sites (N-methyl/N-ethyl adjacent to an activating group) is 1. The van der Waals surface area contributed by atoms with Crippen LogP contribution in [-0.4, -0.2) is 37.2 Å². The van der Waals surface area contributed by atoms with Gasteiger partial charge in [0.05, 0.1) is 13.7 Å². The molecule has 0 saturated heterocycles. The molecular formula is C20H28N2O2. The quantitative estimate of drug-likeness (QED) is 0.741. The van der Waals surface area contributed by atoms with Crippen LogP contribution in [0, 0.1) is 6.92 Å². The molecule has 0 unspecified atom stereocenters. The normalized spacial score (nSPS) is 12.4. The molecule has 2 aromatic rings. The first-order chi connectivity index (χ1) is 11.5. The molecule has 1 heterocycles. The molecule has 0 saturated carbocycles. The molecule has 24 heavy (non-hydrogen) atoms. The zero-order valence-corrected chi connectivity index (χ0v) is 15.4. The summed E-state index contributed by atoms with van der Waals surface area (Å²) in [5.41, 5.74) is 4.74. The lowest BCUT2D eigenvalue weighted by Gasteiger charge is -2.25. The van der Waals surface area contributed by atoms with E-state index < -0.39 is 0 Å². The van der Waals surface area contributed by atoms with Gasteiger partial charge in [0.25, 0.3) is 0 Å². The Morgan fingerprint density at radius 2 is 1.96 bits per heavy atom. The molecule has 0 aliphatic rings. The van der Waals surface area contributed by atoms with Crippen LogP contribution in [0.2, 0.25) is 0 Å². The fourth-order valence-corrected chi connectivity index (χ4v) is 2.81. The number of methoxy groups -OCH3 is 2. The summed E-state index contributed by atoms with van der Waals surface area (Å²) in [7, 11) is 5.55. The smallest absolute Gasteiger partial charge is 0.124 e. The van der Waals surface area contributed by atoms with Crippen molar-refractivity contribution in [1.29, 1.82) is 0 Å². The van der Waals surface area contributed by atoms with Crippen LogP contribution in [0.25, 0.3) is 0 Å². The fourth-order valence-electron chi connectivity index (χ4n) is 2.81. The van der Waals surface area contributed by atoms with Crippen LogP contribution in [0.5, 0.6) is 5.75 Å². The highest BCUT2D eigenvalue weighted by atomic mass is 16.5. The number of aromatic nitrogens is 1. The molecule has 0 radical (unpaired) electrons. The van der Waals surface area contributed by atoms with Crippen molar-refractivity contribution in [3.8, 4) is 5.75 Å². The van der Waals surface area contributed by atoms with E-state index in [-0.39, 0.29) is 0 Å². The van der Waals surface area contributed by atoms with E-state index in [2.05, 4.69) is 49.0 Å². The average molecular weight is 328 g/mol. The van der Waals surface area contributed by atoms with Crippen LogP contribution < -0.4 is 4.74 Å². The maximum Gasteiger partial charge on any atom is 0.124 e. The van der Waals surface area contributed by atoms with Crippen molar-refractivity contribution in [3.05, 3.63) is 58.9 Å². The van der Waals surface area contributed by atoms with Crippen LogP contribution >= 0.6 is 0 Å². The summed E-state index contributed by atoms with van der Waals surface area (Å²) in [4.78, 5) is 6.82. The summed E-state index contributed by atoms with van der Waals surface area (Å²) >= 11 is 0. The maximum absolute atomic E-state index is 5.39. The number of pyridine rings is 1. The van der Waals surface area contributed by atoms with Crippen LogP contribution in [0.4, 0.5) is 0 Å². The number of benzene rings is 1. The Balaban J connectivity index is 2.02. The first-order valence-corrected chi connectivity index (χ1v) is 8.30. The molecule has 0 fully saturated rings. The van der Waals surface area contributed by atoms with Crippen molar-refractivity contribution in [3.63, 3.8) is 0 Å². The SMILES string of the molecule is COCc1cc(CN(C)[C@H](C)Cc2cc(C)ccn2)ccc1OC. The van der Waals surface area contributed by atoms with Crippen molar-refractivity contribution < 1.29 is 9.47 Å². The first-order valence-electron chi connectivity index (χ1n) is 8.30. The minimum absolute atomic E-state index is 0.410. The highest BCUT2D eigenvalue weighted by Crippen LogP contribution is 2.22. The van der Waals surface area contributed by atoms with Gasteiger partial charge in [-0.2, -0.15) is 0 Å². The van der Waals surface area contributed by atoms with E-state index in [1.54, 1.807) is 14.2 Å². The second-order valence-corrected chi connectivity index (χ2v) is 6.37. The number of hydrogen-bond acceptors (Lipinski definition) is 4. The van der Waals surface area contributed by atoms with Gasteiger partial charge >= 0.3 is 0 Å². The Kier molecular flexibility index (Phi) is 6.76. The van der Waals surface area contributed by atoms with Crippen LogP contribution in [-0.2, 0) is 24.3 Å². The van der Waals surface area contributed by atoms with Gasteiger partial charge in [0.15, 0.2) is 0 Å². The van der Waals surface area contributed by atoms with Crippen LogP contribution in [0.3, 0.4) is 0 Å². The largest absolute Gasteiger partial charge is 0.496 e. The standard InChI is InChI=1S/C20H28N2O2/c1-15-8-9-21-19(10-15)11-16(2)22(3)13-17-6-7-20(24-5)18(12-17)14-23-4/h6-10,12,16H,11,13-14H2,1-5H3/t16-/m1/s1. The predicted octanol–water partition coefficient (Wildman–Crippen LogP) is 3.61. The van der Waals surface area contributed by atoms with Gasteiger partial charge in [0, 0.05) is 43.6 Å². The molecule has 0 aliphatic heterocycles. The zero-order valence-electron chi connectivity index (χ0n) is 15.4. The Morgan fingerprint density at radius 3 is 2.62 bits per heavy atom. The van der Waals surface area contributed by atoms with E-state index in [1.165, 1.54) is 11.1 Å². The summed E-state index contributed by atoms with van der Waals surface area (Å²) in [6, 6.07) is 10.9. The maximum atomic E-state index is 5.39. The molecule has 0 bridgehead atoms.